The molecule has 3 aliphatic carbocycles. The van der Waals surface area contributed by atoms with Gasteiger partial charge in [0.15, 0.2) is 0 Å². The molecule has 0 aromatic rings. The van der Waals surface area contributed by atoms with Crippen LogP contribution in [0.1, 0.15) is 47.0 Å². The van der Waals surface area contributed by atoms with E-state index in [2.05, 4.69) is 27.7 Å². The summed E-state index contributed by atoms with van der Waals surface area (Å²) >= 11 is 0. The Kier molecular flexibility index (Phi) is 2.25. The Hall–Kier alpha value is -0.0400. The van der Waals surface area contributed by atoms with Gasteiger partial charge in [-0.1, -0.05) is 34.1 Å². The van der Waals surface area contributed by atoms with Gasteiger partial charge in [0.2, 0.25) is 0 Å². The molecule has 0 radical (unpaired) electrons. The van der Waals surface area contributed by atoms with Crippen molar-refractivity contribution in [1.82, 2.24) is 0 Å². The fourth-order valence-corrected chi connectivity index (χ4v) is 5.26. The van der Waals surface area contributed by atoms with Crippen LogP contribution in [0.25, 0.3) is 0 Å². The Morgan fingerprint density at radius 3 is 2.50 bits per heavy atom. The van der Waals surface area contributed by atoms with Crippen LogP contribution >= 0.6 is 0 Å². The largest absolute Gasteiger partial charge is 0.393 e. The lowest BCUT2D eigenvalue weighted by Crippen LogP contribution is -2.29. The van der Waals surface area contributed by atoms with Crippen molar-refractivity contribution in [2.24, 2.45) is 40.9 Å². The zero-order valence-corrected chi connectivity index (χ0v) is 11.1. The molecular weight excluding hydrogens is 196 g/mol. The second kappa shape index (κ2) is 3.25. The van der Waals surface area contributed by atoms with Gasteiger partial charge in [0, 0.05) is 0 Å². The highest BCUT2D eigenvalue weighted by Gasteiger charge is 2.65. The van der Waals surface area contributed by atoms with E-state index in [-0.39, 0.29) is 6.10 Å². The average Bonchev–Trinajstić information content (AvgIpc) is 2.58. The van der Waals surface area contributed by atoms with Gasteiger partial charge in [0.1, 0.15) is 0 Å². The van der Waals surface area contributed by atoms with E-state index in [9.17, 15) is 5.11 Å². The number of aliphatic hydroxyl groups excluding tert-OH is 1. The Balaban J connectivity index is 1.93. The molecule has 3 saturated carbocycles. The summed E-state index contributed by atoms with van der Waals surface area (Å²) in [7, 11) is 0. The van der Waals surface area contributed by atoms with E-state index in [4.69, 9.17) is 0 Å². The molecule has 1 N–H and O–H groups in total. The molecule has 1 heteroatoms. The molecular formula is C15H26O. The minimum absolute atomic E-state index is 0.0328. The fourth-order valence-electron chi connectivity index (χ4n) is 5.26. The van der Waals surface area contributed by atoms with Crippen LogP contribution in [0.5, 0.6) is 0 Å². The van der Waals surface area contributed by atoms with E-state index in [0.29, 0.717) is 11.3 Å². The number of fused-ring (bicyclic) bond motifs is 3. The normalized spacial score (nSPS) is 58.7. The van der Waals surface area contributed by atoms with Crippen molar-refractivity contribution in [3.05, 3.63) is 0 Å². The van der Waals surface area contributed by atoms with E-state index in [1.165, 1.54) is 12.8 Å². The summed E-state index contributed by atoms with van der Waals surface area (Å²) in [6, 6.07) is 0. The van der Waals surface area contributed by atoms with Gasteiger partial charge in [0.25, 0.3) is 0 Å². The predicted molar refractivity (Wildman–Crippen MR) is 65.9 cm³/mol. The zero-order chi connectivity index (χ0) is 11.7. The van der Waals surface area contributed by atoms with Crippen LogP contribution in [0.15, 0.2) is 0 Å². The topological polar surface area (TPSA) is 20.2 Å². The second-order valence-electron chi connectivity index (χ2n) is 7.41. The molecule has 0 spiro atoms. The molecule has 0 aromatic carbocycles. The third-order valence-corrected chi connectivity index (χ3v) is 6.44. The quantitative estimate of drug-likeness (QED) is 0.666. The minimum atomic E-state index is -0.0328. The average molecular weight is 222 g/mol. The van der Waals surface area contributed by atoms with Crippen molar-refractivity contribution in [1.29, 1.82) is 0 Å². The van der Waals surface area contributed by atoms with Crippen molar-refractivity contribution in [2.45, 2.75) is 53.1 Å². The summed E-state index contributed by atoms with van der Waals surface area (Å²) in [5.41, 5.74) is 0.517. The molecule has 7 atom stereocenters. The molecule has 3 aliphatic rings. The van der Waals surface area contributed by atoms with E-state index in [1.54, 1.807) is 0 Å². The highest BCUT2D eigenvalue weighted by atomic mass is 16.3. The molecule has 0 aromatic heterocycles. The first-order valence-electron chi connectivity index (χ1n) is 7.12. The maximum Gasteiger partial charge on any atom is 0.0571 e. The van der Waals surface area contributed by atoms with Gasteiger partial charge in [-0.25, -0.2) is 0 Å². The molecule has 1 unspecified atom stereocenters. The van der Waals surface area contributed by atoms with Gasteiger partial charge in [-0.05, 0) is 53.8 Å². The van der Waals surface area contributed by atoms with Crippen molar-refractivity contribution >= 4 is 0 Å². The molecule has 0 saturated heterocycles. The van der Waals surface area contributed by atoms with Crippen LogP contribution in [0.3, 0.4) is 0 Å². The number of aliphatic hydroxyl groups is 1. The van der Waals surface area contributed by atoms with Crippen LogP contribution in [0.2, 0.25) is 0 Å². The Labute approximate surface area is 99.6 Å². The molecule has 3 fully saturated rings. The number of hydrogen-bond acceptors (Lipinski definition) is 1. The smallest absolute Gasteiger partial charge is 0.0571 e. The molecule has 0 aliphatic heterocycles. The van der Waals surface area contributed by atoms with Gasteiger partial charge >= 0.3 is 0 Å². The monoisotopic (exact) mass is 222 g/mol. The highest BCUT2D eigenvalue weighted by molar-refractivity contribution is 5.13. The molecule has 3 rings (SSSR count). The van der Waals surface area contributed by atoms with Crippen molar-refractivity contribution in [3.63, 3.8) is 0 Å². The van der Waals surface area contributed by atoms with E-state index >= 15 is 0 Å². The third-order valence-electron chi connectivity index (χ3n) is 6.44. The molecule has 0 amide bonds. The Morgan fingerprint density at radius 1 is 1.12 bits per heavy atom. The lowest BCUT2D eigenvalue weighted by molar-refractivity contribution is 0.0587. The van der Waals surface area contributed by atoms with Gasteiger partial charge in [-0.2, -0.15) is 0 Å². The first-order chi connectivity index (χ1) is 7.44. The minimum Gasteiger partial charge on any atom is -0.393 e. The van der Waals surface area contributed by atoms with Gasteiger partial charge < -0.3 is 5.11 Å². The van der Waals surface area contributed by atoms with E-state index in [0.717, 1.165) is 36.0 Å². The number of hydrogen-bond donors (Lipinski definition) is 1. The summed E-state index contributed by atoms with van der Waals surface area (Å²) in [6.45, 7) is 9.58. The SMILES string of the molecule is C[C@@H]1[C@H](O)C[C@@H]2[C@H](C3[C@H](C)CC[C@@H]31)C2(C)C. The standard InChI is InChI=1S/C15H26O/c1-8-5-6-10-9(2)12(16)7-11-14(13(8)10)15(11,3)4/h8-14,16H,5-7H2,1-4H3/t8-,9+,10-,11-,12-,13?,14-/m1/s1. The maximum absolute atomic E-state index is 10.3. The third kappa shape index (κ3) is 1.27. The van der Waals surface area contributed by atoms with E-state index < -0.39 is 0 Å². The van der Waals surface area contributed by atoms with Crippen LogP contribution in [0.4, 0.5) is 0 Å². The Morgan fingerprint density at radius 2 is 1.81 bits per heavy atom. The van der Waals surface area contributed by atoms with E-state index in [1.807, 2.05) is 0 Å². The van der Waals surface area contributed by atoms with Crippen molar-refractivity contribution in [3.8, 4) is 0 Å². The van der Waals surface area contributed by atoms with Crippen LogP contribution in [0, 0.1) is 40.9 Å². The van der Waals surface area contributed by atoms with Crippen LogP contribution < -0.4 is 0 Å². The molecule has 92 valence electrons. The molecule has 0 heterocycles. The van der Waals surface area contributed by atoms with Gasteiger partial charge in [-0.3, -0.25) is 0 Å². The lowest BCUT2D eigenvalue weighted by Gasteiger charge is -2.30. The first-order valence-corrected chi connectivity index (χ1v) is 7.12. The van der Waals surface area contributed by atoms with Gasteiger partial charge in [-0.15, -0.1) is 0 Å². The molecule has 1 nitrogen and oxygen atoms in total. The second-order valence-corrected chi connectivity index (χ2v) is 7.41. The summed E-state index contributed by atoms with van der Waals surface area (Å²) in [5, 5.41) is 10.3. The summed E-state index contributed by atoms with van der Waals surface area (Å²) < 4.78 is 0. The maximum atomic E-state index is 10.3. The predicted octanol–water partition coefficient (Wildman–Crippen LogP) is 3.32. The van der Waals surface area contributed by atoms with Crippen LogP contribution in [-0.4, -0.2) is 11.2 Å². The summed E-state index contributed by atoms with van der Waals surface area (Å²) in [5.74, 6) is 4.87. The summed E-state index contributed by atoms with van der Waals surface area (Å²) in [6.07, 6.45) is 3.79. The van der Waals surface area contributed by atoms with Gasteiger partial charge in [0.05, 0.1) is 6.10 Å². The molecule has 16 heavy (non-hydrogen) atoms. The lowest BCUT2D eigenvalue weighted by atomic mass is 9.76. The van der Waals surface area contributed by atoms with Crippen molar-refractivity contribution < 1.29 is 5.11 Å². The van der Waals surface area contributed by atoms with Crippen LogP contribution in [-0.2, 0) is 0 Å². The van der Waals surface area contributed by atoms with Crippen molar-refractivity contribution in [2.75, 3.05) is 0 Å². The number of rotatable bonds is 0. The highest BCUT2D eigenvalue weighted by Crippen LogP contribution is 2.70. The fraction of sp³-hybridized carbons (Fsp3) is 1.00. The molecule has 0 bridgehead atoms. The zero-order valence-electron chi connectivity index (χ0n) is 11.1. The first kappa shape index (κ1) is 11.1. The summed E-state index contributed by atoms with van der Waals surface area (Å²) in [4.78, 5) is 0. The Bertz CT molecular complexity index is 294.